The summed E-state index contributed by atoms with van der Waals surface area (Å²) in [4.78, 5) is 21.6. The van der Waals surface area contributed by atoms with Crippen LogP contribution in [0.1, 0.15) is 36.7 Å². The van der Waals surface area contributed by atoms with Gasteiger partial charge in [0.2, 0.25) is 0 Å². The van der Waals surface area contributed by atoms with Gasteiger partial charge in [0, 0.05) is 5.56 Å². The van der Waals surface area contributed by atoms with Crippen LogP contribution in [0.2, 0.25) is 0 Å². The van der Waals surface area contributed by atoms with Gasteiger partial charge in [-0.1, -0.05) is 55.6 Å². The Labute approximate surface area is 165 Å². The van der Waals surface area contributed by atoms with Crippen LogP contribution in [0.4, 0.5) is 5.13 Å². The maximum Gasteiger partial charge on any atom is 0.274 e. The summed E-state index contributed by atoms with van der Waals surface area (Å²) in [6.45, 7) is 6.45. The summed E-state index contributed by atoms with van der Waals surface area (Å²) >= 11 is 2.94. The molecule has 2 aromatic carbocycles. The van der Waals surface area contributed by atoms with Gasteiger partial charge in [0.15, 0.2) is 5.13 Å². The van der Waals surface area contributed by atoms with E-state index in [0.29, 0.717) is 15.9 Å². The van der Waals surface area contributed by atoms with Gasteiger partial charge in [-0.05, 0) is 35.2 Å². The van der Waals surface area contributed by atoms with Gasteiger partial charge in [-0.2, -0.15) is 0 Å². The summed E-state index contributed by atoms with van der Waals surface area (Å²) in [5.41, 5.74) is 3.59. The molecule has 7 heteroatoms. The number of carbonyl (C=O) groups excluding carboxylic acids is 1. The Morgan fingerprint density at radius 3 is 2.22 bits per heavy atom. The molecule has 0 saturated carbocycles. The number of nitrogens with zero attached hydrogens (tertiary/aromatic N) is 2. The van der Waals surface area contributed by atoms with E-state index in [2.05, 4.69) is 36.1 Å². The quantitative estimate of drug-likeness (QED) is 0.498. The van der Waals surface area contributed by atoms with Crippen LogP contribution in [-0.4, -0.2) is 23.0 Å². The number of benzene rings is 2. The highest BCUT2D eigenvalue weighted by atomic mass is 32.1. The second kappa shape index (κ2) is 6.58. The maximum absolute atomic E-state index is 12.6. The molecule has 0 saturated heterocycles. The second-order valence-corrected chi connectivity index (χ2v) is 9.21. The first-order valence-electron chi connectivity index (χ1n) is 8.51. The molecule has 27 heavy (non-hydrogen) atoms. The van der Waals surface area contributed by atoms with Crippen molar-refractivity contribution in [2.24, 2.45) is 0 Å². The Morgan fingerprint density at radius 2 is 1.59 bits per heavy atom. The Hall–Kier alpha value is -2.51. The molecule has 2 aromatic heterocycles. The molecule has 2 heterocycles. The van der Waals surface area contributed by atoms with E-state index in [4.69, 9.17) is 4.74 Å². The number of thiazole rings is 2. The molecule has 0 bridgehead atoms. The Kier molecular flexibility index (Phi) is 4.36. The number of anilines is 1. The van der Waals surface area contributed by atoms with Gasteiger partial charge in [0.1, 0.15) is 0 Å². The largest absolute Gasteiger partial charge is 0.473 e. The normalized spacial score (nSPS) is 11.9. The average molecular weight is 398 g/mol. The Morgan fingerprint density at radius 1 is 0.963 bits per heavy atom. The smallest absolute Gasteiger partial charge is 0.274 e. The lowest BCUT2D eigenvalue weighted by Gasteiger charge is -2.18. The third-order valence-corrected chi connectivity index (χ3v) is 6.48. The first-order valence-corrected chi connectivity index (χ1v) is 10.1. The number of methoxy groups -OCH3 is 1. The van der Waals surface area contributed by atoms with Crippen LogP contribution in [0.5, 0.6) is 5.19 Å². The highest BCUT2D eigenvalue weighted by Crippen LogP contribution is 2.38. The molecule has 0 aliphatic heterocycles. The second-order valence-electron chi connectivity index (χ2n) is 7.25. The van der Waals surface area contributed by atoms with Crippen LogP contribution in [0, 0.1) is 0 Å². The molecule has 0 atom stereocenters. The van der Waals surface area contributed by atoms with Crippen LogP contribution in [0.15, 0.2) is 36.4 Å². The lowest BCUT2D eigenvalue weighted by molar-refractivity contribution is 0.102. The number of amides is 1. The van der Waals surface area contributed by atoms with E-state index in [-0.39, 0.29) is 11.3 Å². The fraction of sp³-hybridized carbons (Fsp3) is 0.250. The molecular weight excluding hydrogens is 378 g/mol. The van der Waals surface area contributed by atoms with Crippen LogP contribution in [-0.2, 0) is 5.41 Å². The molecule has 1 amide bonds. The molecule has 138 valence electrons. The van der Waals surface area contributed by atoms with E-state index in [1.807, 2.05) is 36.4 Å². The standard InChI is InChI=1S/C20H19N3O2S2/c1-20(2,3)12-7-5-11(6-8-12)17(24)23-18-21-13-9-10-14-16(15(13)26-18)27-19(22-14)25-4/h5-10H,1-4H3,(H,21,23,24). The lowest BCUT2D eigenvalue weighted by atomic mass is 9.87. The zero-order valence-corrected chi connectivity index (χ0v) is 17.1. The predicted molar refractivity (Wildman–Crippen MR) is 112 cm³/mol. The minimum absolute atomic E-state index is 0.0587. The number of ether oxygens (including phenoxy) is 1. The first kappa shape index (κ1) is 17.9. The SMILES string of the molecule is COc1nc2ccc3nc(NC(=O)c4ccc(C(C)(C)C)cc4)sc3c2s1. The van der Waals surface area contributed by atoms with Crippen LogP contribution >= 0.6 is 22.7 Å². The molecule has 1 N–H and O–H groups in total. The average Bonchev–Trinajstić information content (AvgIpc) is 3.23. The van der Waals surface area contributed by atoms with E-state index in [9.17, 15) is 4.79 Å². The van der Waals surface area contributed by atoms with E-state index in [1.165, 1.54) is 28.2 Å². The van der Waals surface area contributed by atoms with E-state index < -0.39 is 0 Å². The first-order chi connectivity index (χ1) is 12.8. The number of carbonyl (C=O) groups is 1. The number of nitrogens with one attached hydrogen (secondary N) is 1. The van der Waals surface area contributed by atoms with Crippen LogP contribution in [0.25, 0.3) is 20.4 Å². The van der Waals surface area contributed by atoms with E-state index in [1.54, 1.807) is 7.11 Å². The van der Waals surface area contributed by atoms with Gasteiger partial charge in [0.25, 0.3) is 11.1 Å². The number of aromatic nitrogens is 2. The van der Waals surface area contributed by atoms with Crippen molar-refractivity contribution in [1.29, 1.82) is 0 Å². The van der Waals surface area contributed by atoms with Crippen molar-refractivity contribution < 1.29 is 9.53 Å². The summed E-state index contributed by atoms with van der Waals surface area (Å²) < 4.78 is 7.26. The van der Waals surface area contributed by atoms with Gasteiger partial charge in [-0.15, -0.1) is 0 Å². The van der Waals surface area contributed by atoms with E-state index in [0.717, 1.165) is 20.4 Å². The molecule has 4 aromatic rings. The Balaban J connectivity index is 1.62. The Bertz CT molecular complexity index is 1140. The number of fused-ring (bicyclic) bond motifs is 3. The molecule has 0 fully saturated rings. The molecule has 4 rings (SSSR count). The minimum Gasteiger partial charge on any atom is -0.473 e. The van der Waals surface area contributed by atoms with Crippen molar-refractivity contribution in [3.05, 3.63) is 47.5 Å². The fourth-order valence-corrected chi connectivity index (χ4v) is 4.75. The number of rotatable bonds is 3. The van der Waals surface area contributed by atoms with Crippen molar-refractivity contribution in [3.8, 4) is 5.19 Å². The minimum atomic E-state index is -0.160. The van der Waals surface area contributed by atoms with Crippen molar-refractivity contribution in [2.45, 2.75) is 26.2 Å². The summed E-state index contributed by atoms with van der Waals surface area (Å²) in [6.07, 6.45) is 0. The highest BCUT2D eigenvalue weighted by molar-refractivity contribution is 7.29. The van der Waals surface area contributed by atoms with Crippen LogP contribution in [0.3, 0.4) is 0 Å². The van der Waals surface area contributed by atoms with Crippen molar-refractivity contribution in [3.63, 3.8) is 0 Å². The fourth-order valence-electron chi connectivity index (χ4n) is 2.78. The monoisotopic (exact) mass is 397 g/mol. The predicted octanol–water partition coefficient (Wildman–Crippen LogP) is 5.46. The highest BCUT2D eigenvalue weighted by Gasteiger charge is 2.16. The molecule has 0 aliphatic rings. The topological polar surface area (TPSA) is 64.1 Å². The summed E-state index contributed by atoms with van der Waals surface area (Å²) in [6, 6.07) is 11.6. The summed E-state index contributed by atoms with van der Waals surface area (Å²) in [5, 5.41) is 4.11. The van der Waals surface area contributed by atoms with Gasteiger partial charge in [0.05, 0.1) is 27.5 Å². The summed E-state index contributed by atoms with van der Waals surface area (Å²) in [5.74, 6) is -0.160. The number of hydrogen-bond donors (Lipinski definition) is 1. The molecule has 0 spiro atoms. The molecule has 0 radical (unpaired) electrons. The van der Waals surface area contributed by atoms with Gasteiger partial charge in [-0.25, -0.2) is 9.97 Å². The van der Waals surface area contributed by atoms with Crippen molar-refractivity contribution in [2.75, 3.05) is 12.4 Å². The molecular formula is C20H19N3O2S2. The van der Waals surface area contributed by atoms with Gasteiger partial charge < -0.3 is 4.74 Å². The maximum atomic E-state index is 12.6. The van der Waals surface area contributed by atoms with Gasteiger partial charge in [-0.3, -0.25) is 10.1 Å². The zero-order chi connectivity index (χ0) is 19.2. The van der Waals surface area contributed by atoms with Gasteiger partial charge >= 0.3 is 0 Å². The van der Waals surface area contributed by atoms with Crippen molar-refractivity contribution in [1.82, 2.24) is 9.97 Å². The number of hydrogen-bond acceptors (Lipinski definition) is 6. The lowest BCUT2D eigenvalue weighted by Crippen LogP contribution is -2.14. The third kappa shape index (κ3) is 3.40. The van der Waals surface area contributed by atoms with E-state index >= 15 is 0 Å². The zero-order valence-electron chi connectivity index (χ0n) is 15.5. The third-order valence-electron chi connectivity index (χ3n) is 4.30. The summed E-state index contributed by atoms with van der Waals surface area (Å²) in [7, 11) is 1.61. The van der Waals surface area contributed by atoms with Crippen LogP contribution < -0.4 is 10.1 Å². The van der Waals surface area contributed by atoms with Crippen molar-refractivity contribution >= 4 is 54.1 Å². The molecule has 5 nitrogen and oxygen atoms in total. The molecule has 0 unspecified atom stereocenters. The molecule has 0 aliphatic carbocycles.